The Bertz CT molecular complexity index is 491. The lowest BCUT2D eigenvalue weighted by Crippen LogP contribution is -2.04. The molecule has 1 aromatic rings. The zero-order chi connectivity index (χ0) is 13.6. The highest BCUT2D eigenvalue weighted by molar-refractivity contribution is 5.57. The van der Waals surface area contributed by atoms with Crippen molar-refractivity contribution in [3.63, 3.8) is 0 Å². The van der Waals surface area contributed by atoms with E-state index in [4.69, 9.17) is 5.53 Å². The molecule has 0 heterocycles. The molecule has 0 radical (unpaired) electrons. The molecule has 7 heteroatoms. The van der Waals surface area contributed by atoms with Crippen LogP contribution in [-0.4, -0.2) is 11.7 Å². The normalized spacial score (nSPS) is 11.5. The minimum Gasteiger partial charge on any atom is -0.507 e. The summed E-state index contributed by atoms with van der Waals surface area (Å²) in [4.78, 5) is 2.55. The molecule has 1 rings (SSSR count). The van der Waals surface area contributed by atoms with Crippen LogP contribution in [-0.2, 0) is 6.18 Å². The van der Waals surface area contributed by atoms with Crippen LogP contribution in [0.5, 0.6) is 5.75 Å². The van der Waals surface area contributed by atoms with E-state index < -0.39 is 17.5 Å². The zero-order valence-electron chi connectivity index (χ0n) is 9.22. The Hall–Kier alpha value is -2.14. The Morgan fingerprint density at radius 3 is 2.67 bits per heavy atom. The van der Waals surface area contributed by atoms with Crippen molar-refractivity contribution in [1.82, 2.24) is 0 Å². The molecular weight excluding hydrogens is 247 g/mol. The number of nitrogens with zero attached hydrogens (tertiary/aromatic N) is 3. The van der Waals surface area contributed by atoms with Gasteiger partial charge < -0.3 is 5.11 Å². The summed E-state index contributed by atoms with van der Waals surface area (Å²) in [7, 11) is 0. The zero-order valence-corrected chi connectivity index (χ0v) is 9.22. The SMILES string of the molecule is [N-]=[N+]=NCCC=Cc1ccc(C(F)(F)F)cc1O. The monoisotopic (exact) mass is 257 g/mol. The maximum atomic E-state index is 12.3. The van der Waals surface area contributed by atoms with Crippen LogP contribution in [0.15, 0.2) is 29.4 Å². The van der Waals surface area contributed by atoms with Crippen molar-refractivity contribution in [2.75, 3.05) is 6.54 Å². The number of phenolic OH excluding ortho intramolecular Hbond substituents is 1. The molecule has 1 aromatic carbocycles. The summed E-state index contributed by atoms with van der Waals surface area (Å²) >= 11 is 0. The molecule has 0 aliphatic rings. The first kappa shape index (κ1) is 13.9. The number of phenols is 1. The van der Waals surface area contributed by atoms with Gasteiger partial charge in [-0.05, 0) is 24.1 Å². The number of azide groups is 1. The van der Waals surface area contributed by atoms with Gasteiger partial charge in [-0.15, -0.1) is 0 Å². The highest BCUT2D eigenvalue weighted by Crippen LogP contribution is 2.32. The Labute approximate surface area is 101 Å². The van der Waals surface area contributed by atoms with Crippen LogP contribution in [0.2, 0.25) is 0 Å². The fraction of sp³-hybridized carbons (Fsp3) is 0.273. The summed E-state index contributed by atoms with van der Waals surface area (Å²) in [6, 6.07) is 2.75. The fourth-order valence-corrected chi connectivity index (χ4v) is 1.25. The molecule has 4 nitrogen and oxygen atoms in total. The minimum absolute atomic E-state index is 0.258. The van der Waals surface area contributed by atoms with Crippen molar-refractivity contribution in [3.05, 3.63) is 45.8 Å². The molecule has 0 saturated heterocycles. The predicted octanol–water partition coefficient (Wildman–Crippen LogP) is 4.12. The van der Waals surface area contributed by atoms with E-state index in [1.165, 1.54) is 12.1 Å². The van der Waals surface area contributed by atoms with Crippen molar-refractivity contribution in [1.29, 1.82) is 0 Å². The van der Waals surface area contributed by atoms with Gasteiger partial charge in [0.2, 0.25) is 0 Å². The van der Waals surface area contributed by atoms with E-state index >= 15 is 0 Å². The molecule has 0 bridgehead atoms. The van der Waals surface area contributed by atoms with E-state index in [1.807, 2.05) is 0 Å². The van der Waals surface area contributed by atoms with Gasteiger partial charge in [-0.3, -0.25) is 0 Å². The van der Waals surface area contributed by atoms with E-state index in [-0.39, 0.29) is 12.1 Å². The van der Waals surface area contributed by atoms with Gasteiger partial charge in [0.25, 0.3) is 0 Å². The first-order chi connectivity index (χ1) is 8.45. The van der Waals surface area contributed by atoms with Crippen molar-refractivity contribution < 1.29 is 18.3 Å². The minimum atomic E-state index is -4.47. The van der Waals surface area contributed by atoms with Gasteiger partial charge in [0, 0.05) is 17.0 Å². The van der Waals surface area contributed by atoms with Crippen LogP contribution >= 0.6 is 0 Å². The summed E-state index contributed by atoms with van der Waals surface area (Å²) in [5, 5.41) is 12.7. The topological polar surface area (TPSA) is 69.0 Å². The second-order valence-corrected chi connectivity index (χ2v) is 3.42. The lowest BCUT2D eigenvalue weighted by molar-refractivity contribution is -0.137. The summed E-state index contributed by atoms with van der Waals surface area (Å²) in [5.74, 6) is -0.440. The van der Waals surface area contributed by atoms with E-state index in [0.717, 1.165) is 6.07 Å². The summed E-state index contributed by atoms with van der Waals surface area (Å²) in [5.41, 5.74) is 7.41. The molecule has 0 unspecified atom stereocenters. The quantitative estimate of drug-likeness (QED) is 0.374. The van der Waals surface area contributed by atoms with Gasteiger partial charge in [-0.25, -0.2) is 0 Å². The summed E-state index contributed by atoms with van der Waals surface area (Å²) in [6.07, 6.45) is -0.939. The van der Waals surface area contributed by atoms with Crippen LogP contribution in [0.1, 0.15) is 17.5 Å². The van der Waals surface area contributed by atoms with Crippen LogP contribution in [0.25, 0.3) is 16.5 Å². The molecule has 0 aliphatic heterocycles. The number of benzene rings is 1. The second kappa shape index (κ2) is 5.97. The van der Waals surface area contributed by atoms with Crippen LogP contribution in [0, 0.1) is 0 Å². The van der Waals surface area contributed by atoms with E-state index in [0.29, 0.717) is 12.5 Å². The van der Waals surface area contributed by atoms with Crippen LogP contribution in [0.4, 0.5) is 13.2 Å². The Balaban J connectivity index is 2.77. The number of aromatic hydroxyl groups is 1. The highest BCUT2D eigenvalue weighted by atomic mass is 19.4. The third-order valence-electron chi connectivity index (χ3n) is 2.11. The molecule has 0 aliphatic carbocycles. The van der Waals surface area contributed by atoms with Crippen LogP contribution < -0.4 is 0 Å². The fourth-order valence-electron chi connectivity index (χ4n) is 1.25. The first-order valence-electron chi connectivity index (χ1n) is 5.03. The summed E-state index contributed by atoms with van der Waals surface area (Å²) in [6.45, 7) is 0.258. The van der Waals surface area contributed by atoms with Crippen LogP contribution in [0.3, 0.4) is 0 Å². The number of hydrogen-bond acceptors (Lipinski definition) is 2. The maximum absolute atomic E-state index is 12.3. The number of halogens is 3. The third-order valence-corrected chi connectivity index (χ3v) is 2.11. The van der Waals surface area contributed by atoms with E-state index in [1.54, 1.807) is 6.08 Å². The molecule has 1 N–H and O–H groups in total. The van der Waals surface area contributed by atoms with Crippen molar-refractivity contribution in [2.24, 2.45) is 5.11 Å². The predicted molar refractivity (Wildman–Crippen MR) is 60.8 cm³/mol. The average Bonchev–Trinajstić information content (AvgIpc) is 2.29. The van der Waals surface area contributed by atoms with Gasteiger partial charge in [-0.1, -0.05) is 23.3 Å². The highest BCUT2D eigenvalue weighted by Gasteiger charge is 2.30. The lowest BCUT2D eigenvalue weighted by Gasteiger charge is -2.07. The van der Waals surface area contributed by atoms with Crippen molar-refractivity contribution in [3.8, 4) is 5.75 Å². The molecule has 0 saturated carbocycles. The molecule has 96 valence electrons. The number of alkyl halides is 3. The van der Waals surface area contributed by atoms with Gasteiger partial charge in [0.05, 0.1) is 5.56 Å². The van der Waals surface area contributed by atoms with Gasteiger partial charge in [0.15, 0.2) is 0 Å². The molecule has 18 heavy (non-hydrogen) atoms. The van der Waals surface area contributed by atoms with Gasteiger partial charge in [-0.2, -0.15) is 13.2 Å². The molecule has 0 aromatic heterocycles. The molecular formula is C11H10F3N3O. The Morgan fingerprint density at radius 1 is 1.39 bits per heavy atom. The Morgan fingerprint density at radius 2 is 2.11 bits per heavy atom. The van der Waals surface area contributed by atoms with Crippen molar-refractivity contribution in [2.45, 2.75) is 12.6 Å². The van der Waals surface area contributed by atoms with Gasteiger partial charge in [0.1, 0.15) is 5.75 Å². The molecule has 0 spiro atoms. The molecule has 0 fully saturated rings. The summed E-state index contributed by atoms with van der Waals surface area (Å²) < 4.78 is 36.9. The molecule has 0 atom stereocenters. The third kappa shape index (κ3) is 4.03. The maximum Gasteiger partial charge on any atom is 0.416 e. The lowest BCUT2D eigenvalue weighted by atomic mass is 10.1. The van der Waals surface area contributed by atoms with E-state index in [2.05, 4.69) is 10.0 Å². The average molecular weight is 257 g/mol. The standard InChI is InChI=1S/C11H10F3N3O/c12-11(13,14)9-5-4-8(10(18)7-9)3-1-2-6-16-17-15/h1,3-5,7,18H,2,6H2. The number of rotatable bonds is 4. The largest absolute Gasteiger partial charge is 0.507 e. The number of hydrogen-bond donors (Lipinski definition) is 1. The van der Waals surface area contributed by atoms with Crippen molar-refractivity contribution >= 4 is 6.08 Å². The van der Waals surface area contributed by atoms with E-state index in [9.17, 15) is 18.3 Å². The smallest absolute Gasteiger partial charge is 0.416 e. The second-order valence-electron chi connectivity index (χ2n) is 3.42. The first-order valence-corrected chi connectivity index (χ1v) is 5.03. The molecule has 0 amide bonds. The van der Waals surface area contributed by atoms with Gasteiger partial charge >= 0.3 is 6.18 Å². The Kier molecular flexibility index (Phi) is 4.62.